The molecule has 1 aliphatic heterocycles. The Morgan fingerprint density at radius 3 is 2.60 bits per heavy atom. The number of methoxy groups -OCH3 is 1. The molecule has 0 spiro atoms. The summed E-state index contributed by atoms with van der Waals surface area (Å²) < 4.78 is 24.6. The molecule has 1 N–H and O–H groups in total. The third-order valence-corrected chi connectivity index (χ3v) is 4.48. The van der Waals surface area contributed by atoms with Gasteiger partial charge in [-0.1, -0.05) is 0 Å². The van der Waals surface area contributed by atoms with Crippen molar-refractivity contribution in [3.8, 4) is 5.75 Å². The van der Waals surface area contributed by atoms with E-state index in [2.05, 4.69) is 20.2 Å². The molecule has 0 aliphatic carbocycles. The van der Waals surface area contributed by atoms with Crippen LogP contribution in [-0.4, -0.2) is 54.3 Å². The summed E-state index contributed by atoms with van der Waals surface area (Å²) in [7, 11) is 3.51. The number of nitrogens with zero attached hydrogens (tertiary/aromatic N) is 3. The normalized spacial score (nSPS) is 20.6. The zero-order chi connectivity index (χ0) is 17.7. The number of likely N-dealkylation sites (tertiary alicyclic amines) is 1. The smallest absolute Gasteiger partial charge is 0.222 e. The van der Waals surface area contributed by atoms with Gasteiger partial charge < -0.3 is 14.8 Å². The summed E-state index contributed by atoms with van der Waals surface area (Å²) in [6.07, 6.45) is 4.54. The summed E-state index contributed by atoms with van der Waals surface area (Å²) in [5.41, 5.74) is 0.700. The molecule has 1 aromatic heterocycles. The molecule has 0 bridgehead atoms. The van der Waals surface area contributed by atoms with Gasteiger partial charge in [0.2, 0.25) is 5.95 Å². The number of halogens is 1. The fourth-order valence-electron chi connectivity index (χ4n) is 2.98. The van der Waals surface area contributed by atoms with Crippen LogP contribution in [0.2, 0.25) is 0 Å². The lowest BCUT2D eigenvalue weighted by Gasteiger charge is -2.28. The molecule has 1 fully saturated rings. The highest BCUT2D eigenvalue weighted by Gasteiger charge is 2.39. The third-order valence-electron chi connectivity index (χ3n) is 4.48. The van der Waals surface area contributed by atoms with Crippen molar-refractivity contribution in [2.24, 2.45) is 0 Å². The van der Waals surface area contributed by atoms with Crippen molar-refractivity contribution < 1.29 is 13.9 Å². The van der Waals surface area contributed by atoms with E-state index < -0.39 is 0 Å². The largest absolute Gasteiger partial charge is 0.491 e. The molecule has 1 atom stereocenters. The highest BCUT2D eigenvalue weighted by atomic mass is 19.1. The van der Waals surface area contributed by atoms with E-state index >= 15 is 0 Å². The van der Waals surface area contributed by atoms with Crippen LogP contribution in [0, 0.1) is 5.82 Å². The average Bonchev–Trinajstić information content (AvgIpc) is 3.05. The first-order valence-corrected chi connectivity index (χ1v) is 8.27. The van der Waals surface area contributed by atoms with Gasteiger partial charge in [0, 0.05) is 51.7 Å². The molecule has 0 saturated carbocycles. The Morgan fingerprint density at radius 1 is 1.24 bits per heavy atom. The molecule has 2 heterocycles. The zero-order valence-electron chi connectivity index (χ0n) is 14.5. The number of anilines is 1. The second-order valence-electron chi connectivity index (χ2n) is 6.26. The van der Waals surface area contributed by atoms with Gasteiger partial charge in [0.25, 0.3) is 0 Å². The minimum atomic E-state index is -0.361. The summed E-state index contributed by atoms with van der Waals surface area (Å²) in [5.74, 6) is 0.990. The van der Waals surface area contributed by atoms with E-state index in [-0.39, 0.29) is 11.4 Å². The molecule has 0 amide bonds. The van der Waals surface area contributed by atoms with Gasteiger partial charge in [-0.2, -0.15) is 0 Å². The molecule has 1 aliphatic rings. The van der Waals surface area contributed by atoms with Crippen molar-refractivity contribution in [1.82, 2.24) is 14.9 Å². The van der Waals surface area contributed by atoms with Crippen LogP contribution in [0.1, 0.15) is 12.0 Å². The number of rotatable bonds is 7. The number of benzene rings is 1. The zero-order valence-corrected chi connectivity index (χ0v) is 14.5. The van der Waals surface area contributed by atoms with Crippen molar-refractivity contribution in [2.45, 2.75) is 18.6 Å². The van der Waals surface area contributed by atoms with Crippen LogP contribution < -0.4 is 10.1 Å². The summed E-state index contributed by atoms with van der Waals surface area (Å²) >= 11 is 0. The number of ether oxygens (including phenoxy) is 2. The number of aromatic nitrogens is 2. The second kappa shape index (κ2) is 7.76. The van der Waals surface area contributed by atoms with E-state index in [1.807, 2.05) is 12.4 Å². The molecule has 25 heavy (non-hydrogen) atoms. The van der Waals surface area contributed by atoms with Crippen LogP contribution in [0.4, 0.5) is 10.3 Å². The average molecular weight is 346 g/mol. The molecule has 3 rings (SSSR count). The minimum absolute atomic E-state index is 0.271. The fourth-order valence-corrected chi connectivity index (χ4v) is 2.98. The summed E-state index contributed by atoms with van der Waals surface area (Å²) in [6, 6.07) is 6.05. The van der Waals surface area contributed by atoms with Crippen molar-refractivity contribution in [3.63, 3.8) is 0 Å². The summed E-state index contributed by atoms with van der Waals surface area (Å²) in [4.78, 5) is 10.8. The number of nitrogens with one attached hydrogen (secondary N) is 1. The quantitative estimate of drug-likeness (QED) is 0.830. The Morgan fingerprint density at radius 2 is 1.96 bits per heavy atom. The van der Waals surface area contributed by atoms with Gasteiger partial charge in [0.05, 0.1) is 0 Å². The lowest BCUT2D eigenvalue weighted by molar-refractivity contribution is -0.0359. The number of hydrogen-bond donors (Lipinski definition) is 1. The van der Waals surface area contributed by atoms with E-state index in [9.17, 15) is 4.39 Å². The van der Waals surface area contributed by atoms with Gasteiger partial charge in [0.1, 0.15) is 23.8 Å². The molecule has 134 valence electrons. The van der Waals surface area contributed by atoms with Gasteiger partial charge in [-0.05, 0) is 30.7 Å². The van der Waals surface area contributed by atoms with Crippen molar-refractivity contribution in [3.05, 3.63) is 48.0 Å². The molecule has 1 saturated heterocycles. The van der Waals surface area contributed by atoms with Crippen LogP contribution in [0.25, 0.3) is 0 Å². The monoisotopic (exact) mass is 346 g/mol. The van der Waals surface area contributed by atoms with Crippen LogP contribution >= 0.6 is 0 Å². The first-order valence-electron chi connectivity index (χ1n) is 8.27. The van der Waals surface area contributed by atoms with Gasteiger partial charge >= 0.3 is 0 Å². The predicted molar refractivity (Wildman–Crippen MR) is 93.1 cm³/mol. The van der Waals surface area contributed by atoms with Crippen molar-refractivity contribution in [1.29, 1.82) is 0 Å². The number of hydrogen-bond acceptors (Lipinski definition) is 6. The van der Waals surface area contributed by atoms with Crippen LogP contribution in [0.3, 0.4) is 0 Å². The standard InChI is InChI=1S/C18H23FN4O2/c1-20-17-21-9-14(10-22-17)11-23-8-7-18(12-23,24-2)13-25-16-5-3-15(19)4-6-16/h3-6,9-10H,7-8,11-13H2,1-2H3,(H,20,21,22). The minimum Gasteiger partial charge on any atom is -0.491 e. The molecule has 6 nitrogen and oxygen atoms in total. The molecular weight excluding hydrogens is 323 g/mol. The van der Waals surface area contributed by atoms with Gasteiger partial charge in [-0.15, -0.1) is 0 Å². The van der Waals surface area contributed by atoms with Gasteiger partial charge in [0.15, 0.2) is 0 Å². The topological polar surface area (TPSA) is 59.5 Å². The maximum atomic E-state index is 13.0. The van der Waals surface area contributed by atoms with Crippen molar-refractivity contribution in [2.75, 3.05) is 39.2 Å². The maximum Gasteiger partial charge on any atom is 0.222 e. The van der Waals surface area contributed by atoms with Crippen molar-refractivity contribution >= 4 is 5.95 Å². The lowest BCUT2D eigenvalue weighted by Crippen LogP contribution is -2.41. The van der Waals surface area contributed by atoms with E-state index in [4.69, 9.17) is 9.47 Å². The van der Waals surface area contributed by atoms with Crippen LogP contribution in [-0.2, 0) is 11.3 Å². The Bertz CT molecular complexity index is 680. The molecule has 1 aromatic carbocycles. The van der Waals surface area contributed by atoms with E-state index in [1.54, 1.807) is 26.3 Å². The van der Waals surface area contributed by atoms with E-state index in [1.165, 1.54) is 12.1 Å². The lowest BCUT2D eigenvalue weighted by atomic mass is 10.0. The Hall–Kier alpha value is -2.25. The van der Waals surface area contributed by atoms with E-state index in [0.29, 0.717) is 18.3 Å². The highest BCUT2D eigenvalue weighted by Crippen LogP contribution is 2.27. The van der Waals surface area contributed by atoms with Crippen LogP contribution in [0.15, 0.2) is 36.7 Å². The summed E-state index contributed by atoms with van der Waals surface area (Å²) in [6.45, 7) is 2.87. The van der Waals surface area contributed by atoms with Gasteiger partial charge in [-0.3, -0.25) is 4.90 Å². The van der Waals surface area contributed by atoms with Crippen LogP contribution in [0.5, 0.6) is 5.75 Å². The highest BCUT2D eigenvalue weighted by molar-refractivity contribution is 5.23. The second-order valence-corrected chi connectivity index (χ2v) is 6.26. The molecule has 0 radical (unpaired) electrons. The molecule has 7 heteroatoms. The van der Waals surface area contributed by atoms with E-state index in [0.717, 1.165) is 31.6 Å². The first kappa shape index (κ1) is 17.6. The molecule has 2 aromatic rings. The Balaban J connectivity index is 1.56. The SMILES string of the molecule is CNc1ncc(CN2CCC(COc3ccc(F)cc3)(OC)C2)cn1. The summed E-state index contributed by atoms with van der Waals surface area (Å²) in [5, 5.41) is 2.91. The fraction of sp³-hybridized carbons (Fsp3) is 0.444. The molecular formula is C18H23FN4O2. The Labute approximate surface area is 147 Å². The molecule has 1 unspecified atom stereocenters. The Kier molecular flexibility index (Phi) is 5.45. The third kappa shape index (κ3) is 4.43. The maximum absolute atomic E-state index is 13.0. The predicted octanol–water partition coefficient (Wildman–Crippen LogP) is 2.33. The first-order chi connectivity index (χ1) is 12.1. The van der Waals surface area contributed by atoms with Gasteiger partial charge in [-0.25, -0.2) is 14.4 Å².